The number of hydrogen-bond donors (Lipinski definition) is 0. The summed E-state index contributed by atoms with van der Waals surface area (Å²) in [7, 11) is 0. The van der Waals surface area contributed by atoms with Gasteiger partial charge in [0.05, 0.1) is 25.7 Å². The molecule has 196 valence electrons. The van der Waals surface area contributed by atoms with Gasteiger partial charge in [-0.25, -0.2) is 4.79 Å². The topological polar surface area (TPSA) is 61.8 Å². The van der Waals surface area contributed by atoms with Gasteiger partial charge in [-0.05, 0) is 74.1 Å². The second kappa shape index (κ2) is 17.2. The van der Waals surface area contributed by atoms with E-state index in [1.807, 2.05) is 38.1 Å². The van der Waals surface area contributed by atoms with E-state index in [1.165, 1.54) is 38.2 Å². The monoisotopic (exact) mass is 486 g/mol. The molecule has 2 rings (SSSR count). The molecule has 1 unspecified atom stereocenters. The molecule has 1 aliphatic carbocycles. The fraction of sp³-hybridized carbons (Fsp3) is 0.667. The summed E-state index contributed by atoms with van der Waals surface area (Å²) in [5, 5.41) is 0. The average Bonchev–Trinajstić information content (AvgIpc) is 2.89. The lowest BCUT2D eigenvalue weighted by Gasteiger charge is -2.28. The van der Waals surface area contributed by atoms with E-state index < -0.39 is 0 Å². The number of rotatable bonds is 16. The van der Waals surface area contributed by atoms with Crippen molar-refractivity contribution in [1.29, 1.82) is 0 Å². The van der Waals surface area contributed by atoms with Crippen LogP contribution in [0.15, 0.2) is 30.3 Å². The molecule has 35 heavy (non-hydrogen) atoms. The Morgan fingerprint density at radius 3 is 2.11 bits per heavy atom. The predicted molar refractivity (Wildman–Crippen MR) is 141 cm³/mol. The van der Waals surface area contributed by atoms with Crippen LogP contribution in [0.5, 0.6) is 5.75 Å². The highest BCUT2D eigenvalue weighted by Gasteiger charge is 2.24. The van der Waals surface area contributed by atoms with E-state index in [2.05, 4.69) is 6.92 Å². The van der Waals surface area contributed by atoms with Crippen molar-refractivity contribution in [1.82, 2.24) is 0 Å². The van der Waals surface area contributed by atoms with Crippen LogP contribution in [-0.4, -0.2) is 31.8 Å². The third-order valence-electron chi connectivity index (χ3n) is 6.96. The maximum Gasteiger partial charge on any atom is 0.330 e. The van der Waals surface area contributed by atoms with Crippen LogP contribution in [-0.2, 0) is 19.1 Å². The summed E-state index contributed by atoms with van der Waals surface area (Å²) in [6.45, 7) is 7.85. The number of carbonyl (C=O) groups is 2. The van der Waals surface area contributed by atoms with Gasteiger partial charge in [0.2, 0.25) is 0 Å². The molecule has 0 aromatic heterocycles. The molecule has 0 heterocycles. The predicted octanol–water partition coefficient (Wildman–Crippen LogP) is 7.38. The first-order valence-corrected chi connectivity index (χ1v) is 13.8. The largest absolute Gasteiger partial charge is 0.494 e. The van der Waals surface area contributed by atoms with Gasteiger partial charge in [-0.1, -0.05) is 65.0 Å². The van der Waals surface area contributed by atoms with Crippen molar-refractivity contribution in [2.45, 2.75) is 91.4 Å². The molecule has 1 atom stereocenters. The van der Waals surface area contributed by atoms with Crippen LogP contribution >= 0.6 is 0 Å². The first kappa shape index (κ1) is 28.9. The Bertz CT molecular complexity index is 747. The van der Waals surface area contributed by atoms with Crippen LogP contribution in [0.25, 0.3) is 6.08 Å². The zero-order chi connectivity index (χ0) is 25.3. The Balaban J connectivity index is 1.58. The summed E-state index contributed by atoms with van der Waals surface area (Å²) in [5.41, 5.74) is 0.946. The number of benzene rings is 1. The van der Waals surface area contributed by atoms with Crippen LogP contribution in [0.1, 0.15) is 97.0 Å². The first-order chi connectivity index (χ1) is 17.0. The summed E-state index contributed by atoms with van der Waals surface area (Å²) in [6, 6.07) is 7.80. The maximum absolute atomic E-state index is 12.1. The van der Waals surface area contributed by atoms with Gasteiger partial charge in [0.15, 0.2) is 0 Å². The Labute approximate surface area is 212 Å². The SMILES string of the molecule is CCCCCCCCOc1ccc(/C=C/C(=O)OCC2CCC(COC(=O)C(C)CC)CC2)cc1. The lowest BCUT2D eigenvalue weighted by atomic mass is 9.83. The highest BCUT2D eigenvalue weighted by molar-refractivity contribution is 5.87. The summed E-state index contributed by atoms with van der Waals surface area (Å²) in [4.78, 5) is 24.0. The van der Waals surface area contributed by atoms with Crippen molar-refractivity contribution >= 4 is 18.0 Å². The minimum absolute atomic E-state index is 0.0278. The van der Waals surface area contributed by atoms with Crippen molar-refractivity contribution < 1.29 is 23.8 Å². The molecule has 1 aromatic rings. The molecule has 0 radical (unpaired) electrons. The lowest BCUT2D eigenvalue weighted by Crippen LogP contribution is -2.24. The number of hydrogen-bond acceptors (Lipinski definition) is 5. The van der Waals surface area contributed by atoms with Gasteiger partial charge in [0.25, 0.3) is 0 Å². The summed E-state index contributed by atoms with van der Waals surface area (Å²) < 4.78 is 16.7. The zero-order valence-electron chi connectivity index (χ0n) is 22.1. The second-order valence-corrected chi connectivity index (χ2v) is 9.97. The van der Waals surface area contributed by atoms with Crippen LogP contribution in [0.3, 0.4) is 0 Å². The molecule has 0 N–H and O–H groups in total. The van der Waals surface area contributed by atoms with Crippen molar-refractivity contribution in [3.63, 3.8) is 0 Å². The van der Waals surface area contributed by atoms with Crippen molar-refractivity contribution in [3.8, 4) is 5.75 Å². The molecule has 0 amide bonds. The van der Waals surface area contributed by atoms with Crippen LogP contribution in [0.4, 0.5) is 0 Å². The van der Waals surface area contributed by atoms with Gasteiger partial charge in [-0.2, -0.15) is 0 Å². The molecule has 1 fully saturated rings. The van der Waals surface area contributed by atoms with Gasteiger partial charge >= 0.3 is 11.9 Å². The van der Waals surface area contributed by atoms with Gasteiger partial charge in [-0.3, -0.25) is 4.79 Å². The molecular weight excluding hydrogens is 440 g/mol. The normalized spacial score (nSPS) is 18.8. The fourth-order valence-corrected chi connectivity index (χ4v) is 4.23. The van der Waals surface area contributed by atoms with E-state index in [9.17, 15) is 9.59 Å². The highest BCUT2D eigenvalue weighted by atomic mass is 16.5. The molecule has 1 aromatic carbocycles. The second-order valence-electron chi connectivity index (χ2n) is 9.97. The molecule has 1 saturated carbocycles. The molecular formula is C30H46O5. The minimum Gasteiger partial charge on any atom is -0.494 e. The van der Waals surface area contributed by atoms with Gasteiger partial charge in [0, 0.05) is 6.08 Å². The zero-order valence-corrected chi connectivity index (χ0v) is 22.1. The van der Waals surface area contributed by atoms with Crippen LogP contribution < -0.4 is 4.74 Å². The minimum atomic E-state index is -0.307. The van der Waals surface area contributed by atoms with E-state index in [0.717, 1.165) is 56.4 Å². The summed E-state index contributed by atoms with van der Waals surface area (Å²) in [6.07, 6.45) is 15.6. The standard InChI is InChI=1S/C30H46O5/c1-4-6-7-8-9-10-21-33-28-18-15-25(16-19-28)17-20-29(31)34-22-26-11-13-27(14-12-26)23-35-30(32)24(3)5-2/h15-20,24,26-27H,4-14,21-23H2,1-3H3/b20-17+. The van der Waals surface area contributed by atoms with Gasteiger partial charge in [0.1, 0.15) is 5.75 Å². The Kier molecular flexibility index (Phi) is 14.2. The molecule has 0 aliphatic heterocycles. The highest BCUT2D eigenvalue weighted by Crippen LogP contribution is 2.29. The smallest absolute Gasteiger partial charge is 0.330 e. The van der Waals surface area contributed by atoms with E-state index in [1.54, 1.807) is 6.08 Å². The molecule has 0 bridgehead atoms. The van der Waals surface area contributed by atoms with E-state index >= 15 is 0 Å². The number of carbonyl (C=O) groups excluding carboxylic acids is 2. The lowest BCUT2D eigenvalue weighted by molar-refractivity contribution is -0.150. The van der Waals surface area contributed by atoms with Gasteiger partial charge in [-0.15, -0.1) is 0 Å². The third-order valence-corrected chi connectivity index (χ3v) is 6.96. The van der Waals surface area contributed by atoms with Crippen molar-refractivity contribution in [2.24, 2.45) is 17.8 Å². The van der Waals surface area contributed by atoms with E-state index in [-0.39, 0.29) is 17.9 Å². The van der Waals surface area contributed by atoms with Crippen LogP contribution in [0.2, 0.25) is 0 Å². The number of esters is 2. The Hall–Kier alpha value is -2.30. The molecule has 0 saturated heterocycles. The fourth-order valence-electron chi connectivity index (χ4n) is 4.23. The molecule has 1 aliphatic rings. The quantitative estimate of drug-likeness (QED) is 0.139. The third kappa shape index (κ3) is 12.3. The average molecular weight is 487 g/mol. The Morgan fingerprint density at radius 2 is 1.49 bits per heavy atom. The first-order valence-electron chi connectivity index (χ1n) is 13.8. The van der Waals surface area contributed by atoms with Crippen molar-refractivity contribution in [2.75, 3.05) is 19.8 Å². The molecule has 5 nitrogen and oxygen atoms in total. The summed E-state index contributed by atoms with van der Waals surface area (Å²) >= 11 is 0. The number of ether oxygens (including phenoxy) is 3. The summed E-state index contributed by atoms with van der Waals surface area (Å²) in [5.74, 6) is 1.25. The maximum atomic E-state index is 12.1. The molecule has 5 heteroatoms. The molecule has 0 spiro atoms. The van der Waals surface area contributed by atoms with Gasteiger partial charge < -0.3 is 14.2 Å². The number of unbranched alkanes of at least 4 members (excludes halogenated alkanes) is 5. The van der Waals surface area contributed by atoms with Crippen molar-refractivity contribution in [3.05, 3.63) is 35.9 Å². The van der Waals surface area contributed by atoms with E-state index in [4.69, 9.17) is 14.2 Å². The Morgan fingerprint density at radius 1 is 0.886 bits per heavy atom. The van der Waals surface area contributed by atoms with E-state index in [0.29, 0.717) is 25.0 Å². The van der Waals surface area contributed by atoms with Crippen LogP contribution in [0, 0.1) is 17.8 Å².